The van der Waals surface area contributed by atoms with Crippen LogP contribution in [0.1, 0.15) is 29.1 Å². The number of hydrogen-bond donors (Lipinski definition) is 0. The number of carbonyl (C=O) groups is 4. The fourth-order valence-corrected chi connectivity index (χ4v) is 7.38. The number of thiazole rings is 1. The van der Waals surface area contributed by atoms with E-state index in [-0.39, 0.29) is 36.6 Å². The lowest BCUT2D eigenvalue weighted by Gasteiger charge is -2.56. The summed E-state index contributed by atoms with van der Waals surface area (Å²) in [5.74, 6) is -5.11. The van der Waals surface area contributed by atoms with E-state index in [2.05, 4.69) is 19.8 Å². The van der Waals surface area contributed by atoms with Gasteiger partial charge in [-0.3, -0.25) is 28.5 Å². The Labute approximate surface area is 218 Å². The first kappa shape index (κ1) is 25.2. The third kappa shape index (κ3) is 4.25. The number of ether oxygens (including phenoxy) is 1. The summed E-state index contributed by atoms with van der Waals surface area (Å²) in [4.78, 5) is 65.8. The van der Waals surface area contributed by atoms with Crippen LogP contribution in [0.2, 0.25) is 0 Å². The lowest BCUT2D eigenvalue weighted by Crippen LogP contribution is -2.78. The van der Waals surface area contributed by atoms with E-state index in [1.54, 1.807) is 36.8 Å². The molecule has 3 fully saturated rings. The maximum atomic E-state index is 13.4. The molecule has 2 radical (unpaired) electrons. The van der Waals surface area contributed by atoms with Crippen molar-refractivity contribution in [3.8, 4) is 0 Å². The highest BCUT2D eigenvalue weighted by molar-refractivity contribution is 7.85. The number of carbonyl (C=O) groups excluding carboxylic acids is 4. The maximum Gasteiger partial charge on any atom is 0.378 e. The first-order chi connectivity index (χ1) is 17.8. The van der Waals surface area contributed by atoms with E-state index < -0.39 is 57.4 Å². The molecule has 1 amide bonds. The van der Waals surface area contributed by atoms with Crippen molar-refractivity contribution < 1.29 is 37.6 Å². The Morgan fingerprint density at radius 1 is 1.35 bits per heavy atom. The first-order valence-electron chi connectivity index (χ1n) is 11.1. The van der Waals surface area contributed by atoms with Crippen LogP contribution in [0.3, 0.4) is 0 Å². The summed E-state index contributed by atoms with van der Waals surface area (Å²) in [6.45, 7) is 1.84. The van der Waals surface area contributed by atoms with Gasteiger partial charge < -0.3 is 14.2 Å². The van der Waals surface area contributed by atoms with E-state index in [1.165, 1.54) is 11.3 Å². The number of nitrogens with zero attached hydrogens (tertiary/aromatic N) is 4. The van der Waals surface area contributed by atoms with Gasteiger partial charge >= 0.3 is 20.0 Å². The molecule has 0 bridgehead atoms. The molecule has 5 heterocycles. The summed E-state index contributed by atoms with van der Waals surface area (Å²) in [5, 5.41) is 5.30. The smallest absolute Gasteiger partial charge is 0.378 e. The Balaban J connectivity index is 1.38. The Morgan fingerprint density at radius 3 is 2.78 bits per heavy atom. The maximum absolute atomic E-state index is 13.4. The Hall–Kier alpha value is -3.46. The van der Waals surface area contributed by atoms with Crippen molar-refractivity contribution in [2.45, 2.75) is 37.5 Å². The highest BCUT2D eigenvalue weighted by Gasteiger charge is 2.73. The standard InChI is InChI=1S/C22H19BN4O8S2/c1-11-25-15(9-36-11)18(26-33-8-12-2-4-24-5-3-12)16(28)7-14-19(30)27-20(14)37(32)10-13-6-17(29)34-22(13,27)21(31)35-23/h2-5,9,13-14,20H,6-8,10H2,1H3/b26-18-/t13-,14+,20+,22+,37-/m0/s1. The molecule has 15 heteroatoms. The van der Waals surface area contributed by atoms with Gasteiger partial charge in [0.05, 0.1) is 23.3 Å². The number of pyridine rings is 1. The van der Waals surface area contributed by atoms with Crippen LogP contribution < -0.4 is 0 Å². The van der Waals surface area contributed by atoms with Gasteiger partial charge in [0.2, 0.25) is 5.91 Å². The number of aromatic nitrogens is 2. The van der Waals surface area contributed by atoms with Crippen LogP contribution in [0, 0.1) is 18.8 Å². The van der Waals surface area contributed by atoms with Crippen LogP contribution in [-0.2, 0) is 50.8 Å². The van der Waals surface area contributed by atoms with Crippen LogP contribution in [0.4, 0.5) is 0 Å². The van der Waals surface area contributed by atoms with Crippen molar-refractivity contribution in [3.05, 3.63) is 46.2 Å². The highest BCUT2D eigenvalue weighted by Crippen LogP contribution is 2.50. The Bertz CT molecular complexity index is 1330. The van der Waals surface area contributed by atoms with Gasteiger partial charge in [-0.05, 0) is 24.6 Å². The predicted molar refractivity (Wildman–Crippen MR) is 128 cm³/mol. The molecule has 0 unspecified atom stereocenters. The highest BCUT2D eigenvalue weighted by atomic mass is 32.2. The molecule has 3 saturated heterocycles. The number of aryl methyl sites for hydroxylation is 1. The zero-order valence-electron chi connectivity index (χ0n) is 19.4. The summed E-state index contributed by atoms with van der Waals surface area (Å²) >= 11 is 1.31. The third-order valence-corrected chi connectivity index (χ3v) is 9.03. The number of oxime groups is 1. The number of Topliss-reactive ketones (excluding diaryl/α,β-unsaturated/α-hetero) is 1. The number of hydrogen-bond acceptors (Lipinski definition) is 12. The van der Waals surface area contributed by atoms with Gasteiger partial charge in [-0.25, -0.2) is 9.78 Å². The van der Waals surface area contributed by atoms with Gasteiger partial charge in [0, 0.05) is 40.7 Å². The number of β-lactam (4-membered cyclic amide) rings is 1. The molecule has 5 atom stereocenters. The van der Waals surface area contributed by atoms with E-state index in [0.29, 0.717) is 5.01 Å². The van der Waals surface area contributed by atoms with Crippen LogP contribution in [0.5, 0.6) is 0 Å². The van der Waals surface area contributed by atoms with Gasteiger partial charge in [-0.15, -0.1) is 11.3 Å². The minimum Gasteiger partial charge on any atom is -0.539 e. The number of esters is 1. The van der Waals surface area contributed by atoms with Crippen molar-refractivity contribution in [2.75, 3.05) is 5.75 Å². The first-order valence-corrected chi connectivity index (χ1v) is 13.4. The fourth-order valence-electron chi connectivity index (χ4n) is 4.77. The number of fused-ring (bicyclic) bond motifs is 3. The minimum atomic E-state index is -2.09. The Morgan fingerprint density at radius 2 is 2.11 bits per heavy atom. The molecule has 0 spiro atoms. The topological polar surface area (TPSA) is 154 Å². The molecule has 5 rings (SSSR count). The van der Waals surface area contributed by atoms with Crippen LogP contribution >= 0.6 is 11.3 Å². The zero-order valence-corrected chi connectivity index (χ0v) is 21.0. The second-order valence-electron chi connectivity index (χ2n) is 8.68. The molecule has 2 aromatic rings. The predicted octanol–water partition coefficient (Wildman–Crippen LogP) is 0.160. The Kier molecular flexibility index (Phi) is 6.66. The number of ketones is 1. The van der Waals surface area contributed by atoms with Crippen molar-refractivity contribution in [1.29, 1.82) is 0 Å². The van der Waals surface area contributed by atoms with E-state index in [4.69, 9.17) is 17.6 Å². The molecular formula is C22H19BN4O8S2. The van der Waals surface area contributed by atoms with Crippen molar-refractivity contribution >= 4 is 59.5 Å². The molecule has 0 aliphatic carbocycles. The molecule has 190 valence electrons. The van der Waals surface area contributed by atoms with Gasteiger partial charge in [0.25, 0.3) is 5.72 Å². The van der Waals surface area contributed by atoms with E-state index in [9.17, 15) is 23.4 Å². The zero-order chi connectivity index (χ0) is 26.3. The average molecular weight is 542 g/mol. The lowest BCUT2D eigenvalue weighted by atomic mass is 9.84. The monoisotopic (exact) mass is 542 g/mol. The van der Waals surface area contributed by atoms with Crippen molar-refractivity contribution in [1.82, 2.24) is 14.9 Å². The molecule has 37 heavy (non-hydrogen) atoms. The van der Waals surface area contributed by atoms with E-state index >= 15 is 0 Å². The number of amides is 1. The molecule has 12 nitrogen and oxygen atoms in total. The van der Waals surface area contributed by atoms with Crippen LogP contribution in [0.25, 0.3) is 0 Å². The average Bonchev–Trinajstić information content (AvgIpc) is 3.46. The quantitative estimate of drug-likeness (QED) is 0.148. The largest absolute Gasteiger partial charge is 0.539 e. The summed E-state index contributed by atoms with van der Waals surface area (Å²) in [7, 11) is 3.41. The normalized spacial score (nSPS) is 28.6. The second-order valence-corrected chi connectivity index (χ2v) is 11.3. The minimum absolute atomic E-state index is 0.0711. The molecule has 0 saturated carbocycles. The summed E-state index contributed by atoms with van der Waals surface area (Å²) in [6, 6.07) is 3.46. The SMILES string of the molecule is [B]OC(=O)[C@]12OC(=O)C[C@H]1C[S@](=O)[C@@H]1[C@H](CC(=O)/C(=N\OCc3ccncc3)c3csc(C)n3)C(=O)N12. The molecule has 3 aliphatic heterocycles. The van der Waals surface area contributed by atoms with Crippen molar-refractivity contribution in [2.24, 2.45) is 17.0 Å². The summed E-state index contributed by atoms with van der Waals surface area (Å²) in [6.07, 6.45) is 2.60. The van der Waals surface area contributed by atoms with E-state index in [1.807, 2.05) is 0 Å². The van der Waals surface area contributed by atoms with Gasteiger partial charge in [0.15, 0.2) is 11.5 Å². The fraction of sp³-hybridized carbons (Fsp3) is 0.409. The summed E-state index contributed by atoms with van der Waals surface area (Å²) < 4.78 is 22.7. The number of rotatable bonds is 8. The van der Waals surface area contributed by atoms with Gasteiger partial charge in [-0.2, -0.15) is 0 Å². The van der Waals surface area contributed by atoms with Gasteiger partial charge in [-0.1, -0.05) is 5.16 Å². The van der Waals surface area contributed by atoms with Crippen molar-refractivity contribution in [3.63, 3.8) is 0 Å². The molecule has 2 aromatic heterocycles. The molecule has 0 aromatic carbocycles. The second kappa shape index (κ2) is 9.78. The van der Waals surface area contributed by atoms with Gasteiger partial charge in [0.1, 0.15) is 17.7 Å². The van der Waals surface area contributed by atoms with Crippen LogP contribution in [0.15, 0.2) is 35.1 Å². The van der Waals surface area contributed by atoms with E-state index in [0.717, 1.165) is 10.5 Å². The van der Waals surface area contributed by atoms with Crippen LogP contribution in [-0.4, -0.2) is 73.3 Å². The lowest BCUT2D eigenvalue weighted by molar-refractivity contribution is -0.218. The molecule has 0 N–H and O–H groups in total. The third-order valence-electron chi connectivity index (χ3n) is 6.45. The summed E-state index contributed by atoms with van der Waals surface area (Å²) in [5.41, 5.74) is -1.12. The molecule has 3 aliphatic rings. The molecular weight excluding hydrogens is 523 g/mol.